The van der Waals surface area contributed by atoms with Gasteiger partial charge in [-0.1, -0.05) is 30.3 Å². The summed E-state index contributed by atoms with van der Waals surface area (Å²) in [6, 6.07) is 24.0. The van der Waals surface area contributed by atoms with E-state index in [4.69, 9.17) is 4.98 Å². The number of rotatable bonds is 7. The Morgan fingerprint density at radius 1 is 0.841 bits per heavy atom. The largest absolute Gasteiger partial charge is 0.369 e. The molecule has 2 N–H and O–H groups in total. The first-order valence-electron chi connectivity index (χ1n) is 14.8. The van der Waals surface area contributed by atoms with E-state index in [-0.39, 0.29) is 12.1 Å². The van der Waals surface area contributed by atoms with E-state index >= 15 is 0 Å². The van der Waals surface area contributed by atoms with E-state index in [1.54, 1.807) is 29.4 Å². The van der Waals surface area contributed by atoms with Gasteiger partial charge in [0.15, 0.2) is 0 Å². The number of pyridine rings is 3. The van der Waals surface area contributed by atoms with Crippen molar-refractivity contribution in [3.05, 3.63) is 125 Å². The number of aromatic nitrogens is 5. The monoisotopic (exact) mass is 580 g/mol. The summed E-state index contributed by atoms with van der Waals surface area (Å²) in [5.74, 6) is 0.419. The molecule has 1 aliphatic heterocycles. The van der Waals surface area contributed by atoms with Crippen LogP contribution >= 0.6 is 0 Å². The van der Waals surface area contributed by atoms with Crippen LogP contribution in [0.1, 0.15) is 11.1 Å². The van der Waals surface area contributed by atoms with Gasteiger partial charge in [-0.15, -0.1) is 0 Å². The van der Waals surface area contributed by atoms with Crippen LogP contribution in [-0.2, 0) is 6.54 Å². The molecule has 218 valence electrons. The van der Waals surface area contributed by atoms with Gasteiger partial charge in [-0.2, -0.15) is 4.98 Å². The number of hydrogen-bond donors (Lipinski definition) is 2. The van der Waals surface area contributed by atoms with E-state index in [1.165, 1.54) is 5.69 Å². The Bertz CT molecular complexity index is 1980. The zero-order valence-electron chi connectivity index (χ0n) is 24.4. The van der Waals surface area contributed by atoms with Gasteiger partial charge in [-0.25, -0.2) is 4.98 Å². The predicted octanol–water partition coefficient (Wildman–Crippen LogP) is 5.43. The van der Waals surface area contributed by atoms with E-state index in [9.17, 15) is 4.79 Å². The first-order valence-corrected chi connectivity index (χ1v) is 14.8. The van der Waals surface area contributed by atoms with Gasteiger partial charge in [0.2, 0.25) is 5.95 Å². The number of aryl methyl sites for hydroxylation is 1. The quantitative estimate of drug-likeness (QED) is 0.258. The second kappa shape index (κ2) is 12.1. The molecule has 0 aliphatic carbocycles. The molecule has 9 nitrogen and oxygen atoms in total. The highest BCUT2D eigenvalue weighted by molar-refractivity contribution is 5.83. The van der Waals surface area contributed by atoms with Crippen LogP contribution in [0.3, 0.4) is 0 Å². The van der Waals surface area contributed by atoms with Crippen molar-refractivity contribution < 1.29 is 0 Å². The average Bonchev–Trinajstić information content (AvgIpc) is 3.08. The highest BCUT2D eigenvalue weighted by atomic mass is 16.1. The maximum absolute atomic E-state index is 14.3. The Labute approximate surface area is 255 Å². The van der Waals surface area contributed by atoms with Crippen molar-refractivity contribution in [2.24, 2.45) is 0 Å². The fourth-order valence-corrected chi connectivity index (χ4v) is 5.77. The maximum atomic E-state index is 14.3. The van der Waals surface area contributed by atoms with Gasteiger partial charge in [0.1, 0.15) is 5.65 Å². The summed E-state index contributed by atoms with van der Waals surface area (Å²) in [5.41, 5.74) is 7.81. The standard InChI is InChI=1S/C35H32N8O/c1-24-5-2-3-7-30(24)32-19-26-22-39-35(40-28-8-10-29(11-9-28)42-17-15-36-16-18-42)41-33(26)43(34(32)44)23-27-21-38-14-12-31(27)25-6-4-13-37-20-25/h2-14,19-22,36H,15-18,23H2,1H3,(H,39,40,41). The Morgan fingerprint density at radius 3 is 2.45 bits per heavy atom. The highest BCUT2D eigenvalue weighted by Crippen LogP contribution is 2.27. The summed E-state index contributed by atoms with van der Waals surface area (Å²) >= 11 is 0. The molecule has 4 aromatic heterocycles. The predicted molar refractivity (Wildman–Crippen MR) is 175 cm³/mol. The molecule has 6 aromatic rings. The third-order valence-corrected chi connectivity index (χ3v) is 8.07. The van der Waals surface area contributed by atoms with Gasteiger partial charge in [-0.3, -0.25) is 19.3 Å². The molecule has 1 fully saturated rings. The minimum Gasteiger partial charge on any atom is -0.369 e. The first kappa shape index (κ1) is 27.4. The van der Waals surface area contributed by atoms with Crippen LogP contribution in [0, 0.1) is 6.92 Å². The summed E-state index contributed by atoms with van der Waals surface area (Å²) < 4.78 is 1.73. The summed E-state index contributed by atoms with van der Waals surface area (Å²) in [5, 5.41) is 7.51. The van der Waals surface area contributed by atoms with E-state index in [1.807, 2.05) is 73.8 Å². The summed E-state index contributed by atoms with van der Waals surface area (Å²) in [7, 11) is 0. The molecule has 1 saturated heterocycles. The third kappa shape index (κ3) is 5.52. The lowest BCUT2D eigenvalue weighted by Crippen LogP contribution is -2.43. The Hall–Kier alpha value is -5.41. The summed E-state index contributed by atoms with van der Waals surface area (Å²) in [4.78, 5) is 34.9. The molecule has 0 saturated carbocycles. The topological polar surface area (TPSA) is 101 Å². The first-order chi connectivity index (χ1) is 21.6. The molecule has 44 heavy (non-hydrogen) atoms. The molecule has 0 unspecified atom stereocenters. The number of hydrogen-bond acceptors (Lipinski definition) is 8. The van der Waals surface area contributed by atoms with Crippen LogP contribution in [0.25, 0.3) is 33.3 Å². The molecule has 0 atom stereocenters. The second-order valence-electron chi connectivity index (χ2n) is 10.9. The average molecular weight is 581 g/mol. The maximum Gasteiger partial charge on any atom is 0.260 e. The van der Waals surface area contributed by atoms with Crippen molar-refractivity contribution in [3.63, 3.8) is 0 Å². The van der Waals surface area contributed by atoms with Crippen LogP contribution in [0.2, 0.25) is 0 Å². The van der Waals surface area contributed by atoms with E-state index in [2.05, 4.69) is 42.6 Å². The molecular weight excluding hydrogens is 548 g/mol. The lowest BCUT2D eigenvalue weighted by atomic mass is 10.0. The number of nitrogens with one attached hydrogen (secondary N) is 2. The molecule has 2 aromatic carbocycles. The smallest absolute Gasteiger partial charge is 0.260 e. The van der Waals surface area contributed by atoms with Crippen molar-refractivity contribution in [2.75, 3.05) is 36.4 Å². The molecule has 5 heterocycles. The van der Waals surface area contributed by atoms with Gasteiger partial charge in [-0.05, 0) is 71.6 Å². The molecule has 0 bridgehead atoms. The molecule has 7 rings (SSSR count). The molecule has 1 aliphatic rings. The van der Waals surface area contributed by atoms with Crippen LogP contribution in [0.15, 0.2) is 109 Å². The van der Waals surface area contributed by atoms with Crippen LogP contribution in [0.4, 0.5) is 17.3 Å². The van der Waals surface area contributed by atoms with E-state index in [0.29, 0.717) is 17.2 Å². The SMILES string of the molecule is Cc1ccccc1-c1cc2cnc(Nc3ccc(N4CCNCC4)cc3)nc2n(Cc2cnccc2-c2cccnc2)c1=O. The van der Waals surface area contributed by atoms with Crippen LogP contribution in [-0.4, -0.2) is 50.7 Å². The Morgan fingerprint density at radius 2 is 1.66 bits per heavy atom. The van der Waals surface area contributed by atoms with Crippen molar-refractivity contribution in [1.82, 2.24) is 29.8 Å². The molecule has 0 amide bonds. The van der Waals surface area contributed by atoms with Gasteiger partial charge in [0.05, 0.1) is 6.54 Å². The minimum atomic E-state index is -0.127. The van der Waals surface area contributed by atoms with Crippen LogP contribution in [0.5, 0.6) is 0 Å². The fourth-order valence-electron chi connectivity index (χ4n) is 5.77. The number of benzene rings is 2. The van der Waals surface area contributed by atoms with Crippen molar-refractivity contribution in [2.45, 2.75) is 13.5 Å². The number of nitrogens with zero attached hydrogens (tertiary/aromatic N) is 6. The lowest BCUT2D eigenvalue weighted by Gasteiger charge is -2.29. The zero-order valence-corrected chi connectivity index (χ0v) is 24.4. The zero-order chi connectivity index (χ0) is 29.9. The van der Waals surface area contributed by atoms with Crippen LogP contribution < -0.4 is 21.1 Å². The van der Waals surface area contributed by atoms with Gasteiger partial charge in [0.25, 0.3) is 5.56 Å². The third-order valence-electron chi connectivity index (χ3n) is 8.07. The number of fused-ring (bicyclic) bond motifs is 1. The minimum absolute atomic E-state index is 0.127. The normalized spacial score (nSPS) is 13.2. The van der Waals surface area contributed by atoms with Gasteiger partial charge in [0, 0.05) is 85.1 Å². The molecule has 9 heteroatoms. The van der Waals surface area contributed by atoms with E-state index < -0.39 is 0 Å². The van der Waals surface area contributed by atoms with Crippen molar-refractivity contribution >= 4 is 28.4 Å². The second-order valence-corrected chi connectivity index (χ2v) is 10.9. The van der Waals surface area contributed by atoms with E-state index in [0.717, 1.165) is 65.1 Å². The molecule has 0 radical (unpaired) electrons. The summed E-state index contributed by atoms with van der Waals surface area (Å²) in [6.07, 6.45) is 8.91. The Kier molecular flexibility index (Phi) is 7.52. The van der Waals surface area contributed by atoms with Crippen molar-refractivity contribution in [3.8, 4) is 22.3 Å². The van der Waals surface area contributed by atoms with Gasteiger partial charge >= 0.3 is 0 Å². The molecule has 0 spiro atoms. The Balaban J connectivity index is 1.30. The molecular formula is C35H32N8O. The number of piperazine rings is 1. The lowest BCUT2D eigenvalue weighted by molar-refractivity contribution is 0.589. The van der Waals surface area contributed by atoms with Crippen molar-refractivity contribution in [1.29, 1.82) is 0 Å². The number of anilines is 3. The highest BCUT2D eigenvalue weighted by Gasteiger charge is 2.17. The fraction of sp³-hybridized carbons (Fsp3) is 0.171. The van der Waals surface area contributed by atoms with Gasteiger partial charge < -0.3 is 15.5 Å². The summed E-state index contributed by atoms with van der Waals surface area (Å²) in [6.45, 7) is 6.25.